The molecule has 1 aromatic heterocycles. The molecule has 0 saturated heterocycles. The first-order valence-corrected chi connectivity index (χ1v) is 6.45. The van der Waals surface area contributed by atoms with Crippen molar-refractivity contribution in [1.82, 2.24) is 9.88 Å². The van der Waals surface area contributed by atoms with Crippen molar-refractivity contribution in [2.75, 3.05) is 0 Å². The van der Waals surface area contributed by atoms with Crippen molar-refractivity contribution in [3.8, 4) is 0 Å². The van der Waals surface area contributed by atoms with Crippen LogP contribution < -0.4 is 5.32 Å². The molecule has 3 nitrogen and oxygen atoms in total. The molecule has 0 bridgehead atoms. The number of amides is 1. The molecule has 0 aliphatic carbocycles. The highest BCUT2D eigenvalue weighted by Gasteiger charge is 2.13. The molecule has 0 aliphatic rings. The van der Waals surface area contributed by atoms with Crippen LogP contribution in [-0.4, -0.2) is 10.5 Å². The quantitative estimate of drug-likeness (QED) is 0.900. The van der Waals surface area contributed by atoms with E-state index in [0.717, 1.165) is 22.5 Å². The Kier molecular flexibility index (Phi) is 3.74. The van der Waals surface area contributed by atoms with E-state index in [1.807, 2.05) is 43.7 Å². The number of nitrogens with one attached hydrogen (secondary N) is 1. The van der Waals surface area contributed by atoms with E-state index in [2.05, 4.69) is 24.4 Å². The zero-order valence-electron chi connectivity index (χ0n) is 11.9. The van der Waals surface area contributed by atoms with Crippen LogP contribution in [0.15, 0.2) is 30.3 Å². The van der Waals surface area contributed by atoms with E-state index in [-0.39, 0.29) is 5.91 Å². The number of hydrogen-bond donors (Lipinski definition) is 1. The Morgan fingerprint density at radius 1 is 1.21 bits per heavy atom. The van der Waals surface area contributed by atoms with Crippen LogP contribution in [0.25, 0.3) is 0 Å². The fourth-order valence-corrected chi connectivity index (χ4v) is 2.18. The Balaban J connectivity index is 2.07. The maximum atomic E-state index is 12.2. The summed E-state index contributed by atoms with van der Waals surface area (Å²) in [6, 6.07) is 10.1. The summed E-state index contributed by atoms with van der Waals surface area (Å²) in [6.45, 7) is 6.59. The number of nitrogens with zero attached hydrogens (tertiary/aromatic N) is 1. The van der Waals surface area contributed by atoms with Crippen LogP contribution >= 0.6 is 0 Å². The largest absolute Gasteiger partial charge is 0.351 e. The van der Waals surface area contributed by atoms with Crippen molar-refractivity contribution in [2.45, 2.75) is 27.3 Å². The minimum Gasteiger partial charge on any atom is -0.351 e. The Morgan fingerprint density at radius 3 is 2.53 bits per heavy atom. The molecule has 2 aromatic rings. The van der Waals surface area contributed by atoms with Crippen LogP contribution in [0, 0.1) is 20.8 Å². The molecular formula is C16H20N2O. The normalized spacial score (nSPS) is 10.5. The van der Waals surface area contributed by atoms with Crippen molar-refractivity contribution in [3.63, 3.8) is 0 Å². The maximum Gasteiger partial charge on any atom is 0.253 e. The van der Waals surface area contributed by atoms with Crippen molar-refractivity contribution in [3.05, 3.63) is 58.4 Å². The van der Waals surface area contributed by atoms with Crippen LogP contribution in [0.1, 0.15) is 32.9 Å². The lowest BCUT2D eigenvalue weighted by Crippen LogP contribution is -2.23. The summed E-state index contributed by atoms with van der Waals surface area (Å²) in [5, 5.41) is 2.97. The molecule has 0 atom stereocenters. The number of rotatable bonds is 3. The van der Waals surface area contributed by atoms with E-state index in [1.54, 1.807) is 0 Å². The van der Waals surface area contributed by atoms with Crippen LogP contribution in [0.4, 0.5) is 0 Å². The van der Waals surface area contributed by atoms with Crippen LogP contribution in [0.5, 0.6) is 0 Å². The molecule has 1 N–H and O–H groups in total. The molecule has 1 amide bonds. The van der Waals surface area contributed by atoms with Crippen LogP contribution in [0.2, 0.25) is 0 Å². The fraction of sp³-hybridized carbons (Fsp3) is 0.312. The van der Waals surface area contributed by atoms with Gasteiger partial charge in [0.25, 0.3) is 5.91 Å². The molecule has 0 aliphatic heterocycles. The van der Waals surface area contributed by atoms with E-state index in [1.165, 1.54) is 5.56 Å². The van der Waals surface area contributed by atoms with Crippen LogP contribution in [-0.2, 0) is 13.6 Å². The molecule has 2 rings (SSSR count). The van der Waals surface area contributed by atoms with E-state index in [0.29, 0.717) is 6.54 Å². The second-order valence-electron chi connectivity index (χ2n) is 5.02. The lowest BCUT2D eigenvalue weighted by atomic mass is 10.1. The fourth-order valence-electron chi connectivity index (χ4n) is 2.18. The topological polar surface area (TPSA) is 34.0 Å². The first kappa shape index (κ1) is 13.4. The third kappa shape index (κ3) is 2.87. The van der Waals surface area contributed by atoms with Gasteiger partial charge in [-0.25, -0.2) is 0 Å². The van der Waals surface area contributed by atoms with Gasteiger partial charge >= 0.3 is 0 Å². The highest BCUT2D eigenvalue weighted by molar-refractivity contribution is 5.95. The monoisotopic (exact) mass is 256 g/mol. The summed E-state index contributed by atoms with van der Waals surface area (Å²) in [6.07, 6.45) is 0. The van der Waals surface area contributed by atoms with Gasteiger partial charge in [-0.2, -0.15) is 0 Å². The van der Waals surface area contributed by atoms with Gasteiger partial charge in [-0.15, -0.1) is 0 Å². The van der Waals surface area contributed by atoms with Gasteiger partial charge in [-0.05, 0) is 32.4 Å². The van der Waals surface area contributed by atoms with Gasteiger partial charge in [0.1, 0.15) is 0 Å². The molecule has 1 heterocycles. The minimum absolute atomic E-state index is 0.0114. The van der Waals surface area contributed by atoms with Gasteiger partial charge in [0.05, 0.1) is 5.56 Å². The van der Waals surface area contributed by atoms with Crippen molar-refractivity contribution < 1.29 is 4.79 Å². The molecule has 0 unspecified atom stereocenters. The molecule has 1 aromatic carbocycles. The third-order valence-corrected chi connectivity index (χ3v) is 3.56. The lowest BCUT2D eigenvalue weighted by molar-refractivity contribution is 0.0950. The number of aromatic nitrogens is 1. The van der Waals surface area contributed by atoms with Crippen molar-refractivity contribution in [2.24, 2.45) is 7.05 Å². The summed E-state index contributed by atoms with van der Waals surface area (Å²) < 4.78 is 2.03. The first-order valence-electron chi connectivity index (χ1n) is 6.45. The Morgan fingerprint density at radius 2 is 1.95 bits per heavy atom. The van der Waals surface area contributed by atoms with E-state index < -0.39 is 0 Å². The smallest absolute Gasteiger partial charge is 0.253 e. The van der Waals surface area contributed by atoms with Gasteiger partial charge in [-0.1, -0.05) is 29.8 Å². The van der Waals surface area contributed by atoms with Gasteiger partial charge < -0.3 is 9.88 Å². The standard InChI is InChI=1S/C16H20N2O/c1-11-6-5-7-14(8-11)10-17-16(19)15-9-12(2)18(4)13(15)3/h5-9H,10H2,1-4H3,(H,17,19). The van der Waals surface area contributed by atoms with Crippen LogP contribution in [0.3, 0.4) is 0 Å². The average Bonchev–Trinajstić information content (AvgIpc) is 2.64. The number of hydrogen-bond acceptors (Lipinski definition) is 1. The van der Waals surface area contributed by atoms with E-state index in [4.69, 9.17) is 0 Å². The van der Waals surface area contributed by atoms with Crippen molar-refractivity contribution in [1.29, 1.82) is 0 Å². The van der Waals surface area contributed by atoms with Gasteiger partial charge in [-0.3, -0.25) is 4.79 Å². The summed E-state index contributed by atoms with van der Waals surface area (Å²) in [5.74, 6) is -0.0114. The minimum atomic E-state index is -0.0114. The van der Waals surface area contributed by atoms with Crippen molar-refractivity contribution >= 4 is 5.91 Å². The summed E-state index contributed by atoms with van der Waals surface area (Å²) in [7, 11) is 1.97. The number of aryl methyl sites for hydroxylation is 2. The molecule has 0 spiro atoms. The number of carbonyl (C=O) groups excluding carboxylic acids is 1. The zero-order chi connectivity index (χ0) is 14.0. The summed E-state index contributed by atoms with van der Waals surface area (Å²) >= 11 is 0. The highest BCUT2D eigenvalue weighted by Crippen LogP contribution is 2.13. The number of benzene rings is 1. The molecule has 0 fully saturated rings. The summed E-state index contributed by atoms with van der Waals surface area (Å²) in [4.78, 5) is 12.2. The summed E-state index contributed by atoms with van der Waals surface area (Å²) in [5.41, 5.74) is 5.18. The molecule has 3 heteroatoms. The molecule has 0 radical (unpaired) electrons. The third-order valence-electron chi connectivity index (χ3n) is 3.56. The molecule has 100 valence electrons. The Hall–Kier alpha value is -2.03. The second-order valence-corrected chi connectivity index (χ2v) is 5.02. The Bertz CT molecular complexity index is 611. The number of carbonyl (C=O) groups is 1. The molecule has 19 heavy (non-hydrogen) atoms. The van der Waals surface area contributed by atoms with Gasteiger partial charge in [0.2, 0.25) is 0 Å². The Labute approximate surface area is 114 Å². The lowest BCUT2D eigenvalue weighted by Gasteiger charge is -2.06. The van der Waals surface area contributed by atoms with Gasteiger partial charge in [0, 0.05) is 25.0 Å². The van der Waals surface area contributed by atoms with Gasteiger partial charge in [0.15, 0.2) is 0 Å². The maximum absolute atomic E-state index is 12.2. The molecular weight excluding hydrogens is 236 g/mol. The first-order chi connectivity index (χ1) is 8.99. The highest BCUT2D eigenvalue weighted by atomic mass is 16.1. The second kappa shape index (κ2) is 5.31. The SMILES string of the molecule is Cc1cccc(CNC(=O)c2cc(C)n(C)c2C)c1. The predicted molar refractivity (Wildman–Crippen MR) is 77.2 cm³/mol. The predicted octanol–water partition coefficient (Wildman–Crippen LogP) is 2.88. The zero-order valence-corrected chi connectivity index (χ0v) is 11.9. The average molecular weight is 256 g/mol. The molecule has 0 saturated carbocycles. The van der Waals surface area contributed by atoms with E-state index >= 15 is 0 Å². The van der Waals surface area contributed by atoms with E-state index in [9.17, 15) is 4.79 Å².